The standard InChI is InChI=1S/C20H14F2O5/c1-25-18-7-6-12(10-15(18)22)16(23)11-26-20(24)19-9-8-17(27-19)13-4-2-3-5-14(13)21/h2-10H,11H2,1H3. The second-order valence-electron chi connectivity index (χ2n) is 5.49. The third kappa shape index (κ3) is 4.03. The summed E-state index contributed by atoms with van der Waals surface area (Å²) >= 11 is 0. The van der Waals surface area contributed by atoms with Crippen LogP contribution >= 0.6 is 0 Å². The van der Waals surface area contributed by atoms with Crippen molar-refractivity contribution >= 4 is 11.8 Å². The molecule has 0 saturated carbocycles. The minimum absolute atomic E-state index is 0.000182. The van der Waals surface area contributed by atoms with E-state index in [1.54, 1.807) is 6.07 Å². The van der Waals surface area contributed by atoms with Crippen molar-refractivity contribution < 1.29 is 32.3 Å². The Morgan fingerprint density at radius 1 is 1.00 bits per heavy atom. The van der Waals surface area contributed by atoms with Crippen molar-refractivity contribution in [2.75, 3.05) is 13.7 Å². The van der Waals surface area contributed by atoms with Crippen LogP contribution in [0.15, 0.2) is 59.0 Å². The number of hydrogen-bond acceptors (Lipinski definition) is 5. The topological polar surface area (TPSA) is 65.7 Å². The molecular weight excluding hydrogens is 358 g/mol. The zero-order chi connectivity index (χ0) is 19.4. The van der Waals surface area contributed by atoms with Crippen LogP contribution in [-0.2, 0) is 4.74 Å². The molecule has 3 aromatic rings. The van der Waals surface area contributed by atoms with Gasteiger partial charge in [-0.05, 0) is 42.5 Å². The SMILES string of the molecule is COc1ccc(C(=O)COC(=O)c2ccc(-c3ccccc3F)o2)cc1F. The molecule has 0 radical (unpaired) electrons. The number of esters is 1. The van der Waals surface area contributed by atoms with Gasteiger partial charge in [-0.3, -0.25) is 4.79 Å². The van der Waals surface area contributed by atoms with Gasteiger partial charge in [-0.2, -0.15) is 0 Å². The smallest absolute Gasteiger partial charge is 0.374 e. The maximum Gasteiger partial charge on any atom is 0.374 e. The number of ether oxygens (including phenoxy) is 2. The zero-order valence-corrected chi connectivity index (χ0v) is 14.2. The number of benzene rings is 2. The summed E-state index contributed by atoms with van der Waals surface area (Å²) in [6.45, 7) is -0.597. The van der Waals surface area contributed by atoms with Crippen molar-refractivity contribution in [1.82, 2.24) is 0 Å². The first kappa shape index (κ1) is 18.3. The average molecular weight is 372 g/mol. The summed E-state index contributed by atoms with van der Waals surface area (Å²) in [5.74, 6) is -2.70. The van der Waals surface area contributed by atoms with Crippen LogP contribution in [0, 0.1) is 11.6 Å². The van der Waals surface area contributed by atoms with E-state index in [0.717, 1.165) is 6.07 Å². The highest BCUT2D eigenvalue weighted by Gasteiger charge is 2.18. The van der Waals surface area contributed by atoms with Crippen molar-refractivity contribution in [3.8, 4) is 17.1 Å². The Kier molecular flexibility index (Phi) is 5.30. The van der Waals surface area contributed by atoms with Crippen molar-refractivity contribution in [3.63, 3.8) is 0 Å². The lowest BCUT2D eigenvalue weighted by atomic mass is 10.1. The van der Waals surface area contributed by atoms with Crippen LogP contribution in [0.5, 0.6) is 5.75 Å². The molecule has 0 N–H and O–H groups in total. The first-order chi connectivity index (χ1) is 13.0. The van der Waals surface area contributed by atoms with E-state index in [9.17, 15) is 18.4 Å². The lowest BCUT2D eigenvalue weighted by Gasteiger charge is -2.05. The molecule has 0 aliphatic carbocycles. The molecule has 0 fully saturated rings. The quantitative estimate of drug-likeness (QED) is 0.477. The van der Waals surface area contributed by atoms with Gasteiger partial charge >= 0.3 is 5.97 Å². The Labute approximate surface area is 153 Å². The van der Waals surface area contributed by atoms with E-state index in [4.69, 9.17) is 13.9 Å². The first-order valence-electron chi connectivity index (χ1n) is 7.88. The van der Waals surface area contributed by atoms with E-state index in [-0.39, 0.29) is 28.4 Å². The molecule has 0 aliphatic heterocycles. The number of hydrogen-bond donors (Lipinski definition) is 0. The Morgan fingerprint density at radius 3 is 2.48 bits per heavy atom. The van der Waals surface area contributed by atoms with Gasteiger partial charge in [-0.1, -0.05) is 12.1 Å². The fourth-order valence-electron chi connectivity index (χ4n) is 2.38. The van der Waals surface area contributed by atoms with Gasteiger partial charge in [0.2, 0.25) is 5.76 Å². The first-order valence-corrected chi connectivity index (χ1v) is 7.88. The minimum Gasteiger partial charge on any atom is -0.494 e. The van der Waals surface area contributed by atoms with E-state index in [1.807, 2.05) is 0 Å². The fraction of sp³-hybridized carbons (Fsp3) is 0.100. The number of carbonyl (C=O) groups is 2. The van der Waals surface area contributed by atoms with Crippen molar-refractivity contribution in [2.45, 2.75) is 0 Å². The molecule has 0 bridgehead atoms. The summed E-state index contributed by atoms with van der Waals surface area (Å²) in [5.41, 5.74) is 0.230. The van der Waals surface area contributed by atoms with Crippen molar-refractivity contribution in [2.24, 2.45) is 0 Å². The van der Waals surface area contributed by atoms with Gasteiger partial charge < -0.3 is 13.9 Å². The molecule has 27 heavy (non-hydrogen) atoms. The van der Waals surface area contributed by atoms with Crippen LogP contribution in [0.3, 0.4) is 0 Å². The molecular formula is C20H14F2O5. The molecule has 0 saturated heterocycles. The summed E-state index contributed by atoms with van der Waals surface area (Å²) in [4.78, 5) is 24.1. The lowest BCUT2D eigenvalue weighted by molar-refractivity contribution is 0.0444. The summed E-state index contributed by atoms with van der Waals surface area (Å²) in [6.07, 6.45) is 0. The monoisotopic (exact) mass is 372 g/mol. The normalized spacial score (nSPS) is 10.5. The Balaban J connectivity index is 1.65. The number of methoxy groups -OCH3 is 1. The van der Waals surface area contributed by atoms with Gasteiger partial charge in [0.1, 0.15) is 11.6 Å². The second-order valence-corrected chi connectivity index (χ2v) is 5.49. The number of carbonyl (C=O) groups excluding carboxylic acids is 2. The highest BCUT2D eigenvalue weighted by Crippen LogP contribution is 2.25. The molecule has 5 nitrogen and oxygen atoms in total. The summed E-state index contributed by atoms with van der Waals surface area (Å²) in [6, 6.07) is 12.3. The number of halogens is 2. The van der Waals surface area contributed by atoms with E-state index in [2.05, 4.69) is 0 Å². The molecule has 7 heteroatoms. The summed E-state index contributed by atoms with van der Waals surface area (Å²) in [5, 5.41) is 0. The predicted octanol–water partition coefficient (Wildman–Crippen LogP) is 4.27. The molecule has 1 aromatic heterocycles. The van der Waals surface area contributed by atoms with Gasteiger partial charge in [-0.25, -0.2) is 13.6 Å². The Morgan fingerprint density at radius 2 is 1.78 bits per heavy atom. The molecule has 0 aliphatic rings. The van der Waals surface area contributed by atoms with Gasteiger partial charge in [0.25, 0.3) is 0 Å². The van der Waals surface area contributed by atoms with E-state index >= 15 is 0 Å². The number of ketones is 1. The largest absolute Gasteiger partial charge is 0.494 e. The van der Waals surface area contributed by atoms with Crippen molar-refractivity contribution in [1.29, 1.82) is 0 Å². The van der Waals surface area contributed by atoms with Crippen LogP contribution in [0.1, 0.15) is 20.9 Å². The highest BCUT2D eigenvalue weighted by molar-refractivity contribution is 5.99. The van der Waals surface area contributed by atoms with E-state index in [1.165, 1.54) is 49.6 Å². The molecule has 138 valence electrons. The second kappa shape index (κ2) is 7.82. The predicted molar refractivity (Wildman–Crippen MR) is 91.7 cm³/mol. The Hall–Kier alpha value is -3.48. The third-order valence-corrected chi connectivity index (χ3v) is 3.75. The molecule has 3 rings (SSSR count). The van der Waals surface area contributed by atoms with Gasteiger partial charge in [0, 0.05) is 5.56 Å². The average Bonchev–Trinajstić information content (AvgIpc) is 3.16. The Bertz CT molecular complexity index is 994. The number of Topliss-reactive ketones (excluding diaryl/α,β-unsaturated/α-hetero) is 1. The van der Waals surface area contributed by atoms with E-state index < -0.39 is 30.0 Å². The summed E-state index contributed by atoms with van der Waals surface area (Å²) < 4.78 is 42.4. The van der Waals surface area contributed by atoms with Crippen LogP contribution in [-0.4, -0.2) is 25.5 Å². The maximum atomic E-state index is 13.8. The van der Waals surface area contributed by atoms with Gasteiger partial charge in [0.15, 0.2) is 24.0 Å². The highest BCUT2D eigenvalue weighted by atomic mass is 19.1. The van der Waals surface area contributed by atoms with Crippen molar-refractivity contribution in [3.05, 3.63) is 77.6 Å². The van der Waals surface area contributed by atoms with Gasteiger partial charge in [0.05, 0.1) is 12.7 Å². The maximum absolute atomic E-state index is 13.8. The number of furan rings is 1. The third-order valence-electron chi connectivity index (χ3n) is 3.75. The molecule has 0 unspecified atom stereocenters. The molecule has 1 heterocycles. The van der Waals surface area contributed by atoms with Gasteiger partial charge in [-0.15, -0.1) is 0 Å². The van der Waals surface area contributed by atoms with Crippen LogP contribution < -0.4 is 4.74 Å². The lowest BCUT2D eigenvalue weighted by Crippen LogP contribution is -2.14. The molecule has 2 aromatic carbocycles. The van der Waals surface area contributed by atoms with Crippen LogP contribution in [0.25, 0.3) is 11.3 Å². The minimum atomic E-state index is -0.889. The fourth-order valence-corrected chi connectivity index (χ4v) is 2.38. The molecule has 0 spiro atoms. The zero-order valence-electron chi connectivity index (χ0n) is 14.2. The number of rotatable bonds is 6. The van der Waals surface area contributed by atoms with E-state index in [0.29, 0.717) is 0 Å². The van der Waals surface area contributed by atoms with Crippen LogP contribution in [0.2, 0.25) is 0 Å². The van der Waals surface area contributed by atoms with Crippen LogP contribution in [0.4, 0.5) is 8.78 Å². The molecule has 0 atom stereocenters. The summed E-state index contributed by atoms with van der Waals surface area (Å²) in [7, 11) is 1.31. The molecule has 0 amide bonds.